The van der Waals surface area contributed by atoms with Crippen LogP contribution in [-0.4, -0.2) is 19.2 Å². The summed E-state index contributed by atoms with van der Waals surface area (Å²) in [4.78, 5) is 0. The molecule has 0 spiro atoms. The Morgan fingerprint density at radius 3 is 2.76 bits per heavy atom. The highest BCUT2D eigenvalue weighted by Gasteiger charge is 2.19. The molecule has 0 saturated carbocycles. The van der Waals surface area contributed by atoms with Crippen molar-refractivity contribution in [2.24, 2.45) is 0 Å². The van der Waals surface area contributed by atoms with Crippen LogP contribution in [0, 0.1) is 0 Å². The zero-order valence-corrected chi connectivity index (χ0v) is 14.3. The Labute approximate surface area is 134 Å². The largest absolute Gasteiger partial charge is 0.492 e. The van der Waals surface area contributed by atoms with Crippen molar-refractivity contribution in [3.63, 3.8) is 0 Å². The molecule has 0 bridgehead atoms. The molecule has 1 N–H and O–H groups in total. The van der Waals surface area contributed by atoms with Crippen LogP contribution in [0.4, 0.5) is 0 Å². The maximum absolute atomic E-state index is 6.37. The van der Waals surface area contributed by atoms with Crippen LogP contribution in [0.2, 0.25) is 5.02 Å². The standard InChI is InChI=1S/C18H28ClNO/c1-4-18(2,3)14-8-9-17(16(19)13-14)21-12-10-15-7-5-6-11-20-15/h8-9,13,15,20H,4-7,10-12H2,1-3H3/t15-/m0/s1. The predicted octanol–water partition coefficient (Wildman–Crippen LogP) is 4.94. The minimum absolute atomic E-state index is 0.161. The van der Waals surface area contributed by atoms with E-state index >= 15 is 0 Å². The minimum atomic E-state index is 0.161. The van der Waals surface area contributed by atoms with Crippen LogP contribution in [0.1, 0.15) is 58.4 Å². The van der Waals surface area contributed by atoms with Gasteiger partial charge in [0.2, 0.25) is 0 Å². The van der Waals surface area contributed by atoms with Crippen molar-refractivity contribution >= 4 is 11.6 Å². The molecule has 0 aliphatic carbocycles. The highest BCUT2D eigenvalue weighted by molar-refractivity contribution is 6.32. The van der Waals surface area contributed by atoms with Gasteiger partial charge in [0.25, 0.3) is 0 Å². The fourth-order valence-electron chi connectivity index (χ4n) is 2.72. The molecule has 1 saturated heterocycles. The summed E-state index contributed by atoms with van der Waals surface area (Å²) in [6.45, 7) is 8.57. The summed E-state index contributed by atoms with van der Waals surface area (Å²) in [7, 11) is 0. The van der Waals surface area contributed by atoms with Crippen LogP contribution < -0.4 is 10.1 Å². The lowest BCUT2D eigenvalue weighted by Gasteiger charge is -2.25. The van der Waals surface area contributed by atoms with Gasteiger partial charge in [0, 0.05) is 6.04 Å². The van der Waals surface area contributed by atoms with Crippen LogP contribution >= 0.6 is 11.6 Å². The van der Waals surface area contributed by atoms with Gasteiger partial charge in [-0.3, -0.25) is 0 Å². The fourth-order valence-corrected chi connectivity index (χ4v) is 2.96. The van der Waals surface area contributed by atoms with E-state index in [0.717, 1.165) is 36.8 Å². The third kappa shape index (κ3) is 4.62. The van der Waals surface area contributed by atoms with Gasteiger partial charge in [0.05, 0.1) is 11.6 Å². The number of hydrogen-bond acceptors (Lipinski definition) is 2. The Kier molecular flexibility index (Phi) is 5.95. The van der Waals surface area contributed by atoms with E-state index in [-0.39, 0.29) is 5.41 Å². The lowest BCUT2D eigenvalue weighted by atomic mass is 9.82. The molecule has 2 nitrogen and oxygen atoms in total. The third-order valence-corrected chi connectivity index (χ3v) is 5.03. The van der Waals surface area contributed by atoms with Crippen molar-refractivity contribution in [2.75, 3.05) is 13.2 Å². The Bertz CT molecular complexity index is 453. The van der Waals surface area contributed by atoms with Gasteiger partial charge < -0.3 is 10.1 Å². The zero-order valence-electron chi connectivity index (χ0n) is 13.5. The zero-order chi connectivity index (χ0) is 15.3. The van der Waals surface area contributed by atoms with Gasteiger partial charge in [0.1, 0.15) is 5.75 Å². The average Bonchev–Trinajstić information content (AvgIpc) is 2.50. The van der Waals surface area contributed by atoms with Crippen LogP contribution in [0.15, 0.2) is 18.2 Å². The average molecular weight is 310 g/mol. The molecule has 1 fully saturated rings. The van der Waals surface area contributed by atoms with E-state index in [1.165, 1.54) is 24.8 Å². The summed E-state index contributed by atoms with van der Waals surface area (Å²) >= 11 is 6.37. The summed E-state index contributed by atoms with van der Waals surface area (Å²) in [6.07, 6.45) is 6.05. The molecule has 3 heteroatoms. The molecule has 1 aliphatic heterocycles. The van der Waals surface area contributed by atoms with E-state index in [2.05, 4.69) is 38.2 Å². The second-order valence-corrected chi connectivity index (χ2v) is 7.07. The normalized spacial score (nSPS) is 19.5. The second-order valence-electron chi connectivity index (χ2n) is 6.67. The molecule has 1 aromatic rings. The molecule has 118 valence electrons. The van der Waals surface area contributed by atoms with Crippen LogP contribution in [0.25, 0.3) is 0 Å². The molecule has 21 heavy (non-hydrogen) atoms. The molecular weight excluding hydrogens is 282 g/mol. The topological polar surface area (TPSA) is 21.3 Å². The number of halogens is 1. The van der Waals surface area contributed by atoms with Gasteiger partial charge in [-0.25, -0.2) is 0 Å². The summed E-state index contributed by atoms with van der Waals surface area (Å²) in [5, 5.41) is 4.27. The maximum Gasteiger partial charge on any atom is 0.137 e. The first-order valence-corrected chi connectivity index (χ1v) is 8.57. The number of benzene rings is 1. The summed E-state index contributed by atoms with van der Waals surface area (Å²) in [5.74, 6) is 0.808. The van der Waals surface area contributed by atoms with Gasteiger partial charge in [-0.05, 0) is 55.3 Å². The first kappa shape index (κ1) is 16.6. The Balaban J connectivity index is 1.89. The number of ether oxygens (including phenoxy) is 1. The van der Waals surface area contributed by atoms with Gasteiger partial charge in [-0.2, -0.15) is 0 Å². The molecule has 1 aromatic carbocycles. The highest BCUT2D eigenvalue weighted by Crippen LogP contribution is 2.33. The summed E-state index contributed by atoms with van der Waals surface area (Å²) < 4.78 is 5.87. The molecule has 0 aromatic heterocycles. The minimum Gasteiger partial charge on any atom is -0.492 e. The van der Waals surface area contributed by atoms with Gasteiger partial charge >= 0.3 is 0 Å². The van der Waals surface area contributed by atoms with E-state index in [4.69, 9.17) is 16.3 Å². The second kappa shape index (κ2) is 7.51. The van der Waals surface area contributed by atoms with Crippen molar-refractivity contribution in [3.05, 3.63) is 28.8 Å². The van der Waals surface area contributed by atoms with Gasteiger partial charge in [0.15, 0.2) is 0 Å². The summed E-state index contributed by atoms with van der Waals surface area (Å²) in [6, 6.07) is 6.82. The first-order chi connectivity index (χ1) is 10.0. The van der Waals surface area contributed by atoms with E-state index in [1.807, 2.05) is 6.07 Å². The molecule has 0 amide bonds. The van der Waals surface area contributed by atoms with Crippen LogP contribution in [0.5, 0.6) is 5.75 Å². The SMILES string of the molecule is CCC(C)(C)c1ccc(OCC[C@@H]2CCCCN2)c(Cl)c1. The van der Waals surface area contributed by atoms with E-state index < -0.39 is 0 Å². The molecule has 1 heterocycles. The summed E-state index contributed by atoms with van der Waals surface area (Å²) in [5.41, 5.74) is 1.44. The monoisotopic (exact) mass is 309 g/mol. The third-order valence-electron chi connectivity index (χ3n) is 4.73. The first-order valence-electron chi connectivity index (χ1n) is 8.19. The van der Waals surface area contributed by atoms with Crippen LogP contribution in [0.3, 0.4) is 0 Å². The number of hydrogen-bond donors (Lipinski definition) is 1. The van der Waals surface area contributed by atoms with Gasteiger partial charge in [-0.1, -0.05) is 44.9 Å². The van der Waals surface area contributed by atoms with E-state index in [1.54, 1.807) is 0 Å². The fraction of sp³-hybridized carbons (Fsp3) is 0.667. The Morgan fingerprint density at radius 1 is 1.33 bits per heavy atom. The molecular formula is C18H28ClNO. The number of nitrogens with one attached hydrogen (secondary N) is 1. The Morgan fingerprint density at radius 2 is 2.14 bits per heavy atom. The van der Waals surface area contributed by atoms with Gasteiger partial charge in [-0.15, -0.1) is 0 Å². The molecule has 0 radical (unpaired) electrons. The Hall–Kier alpha value is -0.730. The van der Waals surface area contributed by atoms with Crippen molar-refractivity contribution in [3.8, 4) is 5.75 Å². The predicted molar refractivity (Wildman–Crippen MR) is 90.5 cm³/mol. The molecule has 1 aliphatic rings. The van der Waals surface area contributed by atoms with Crippen molar-refractivity contribution < 1.29 is 4.74 Å². The number of piperidine rings is 1. The molecule has 2 rings (SSSR count). The maximum atomic E-state index is 6.37. The van der Waals surface area contributed by atoms with Crippen LogP contribution in [-0.2, 0) is 5.41 Å². The van der Waals surface area contributed by atoms with Crippen molar-refractivity contribution in [1.29, 1.82) is 0 Å². The smallest absolute Gasteiger partial charge is 0.137 e. The van der Waals surface area contributed by atoms with E-state index in [0.29, 0.717) is 6.04 Å². The van der Waals surface area contributed by atoms with Crippen molar-refractivity contribution in [2.45, 2.75) is 64.3 Å². The quantitative estimate of drug-likeness (QED) is 0.803. The molecule has 0 unspecified atom stereocenters. The lowest BCUT2D eigenvalue weighted by Crippen LogP contribution is -2.35. The lowest BCUT2D eigenvalue weighted by molar-refractivity contribution is 0.268. The molecule has 1 atom stereocenters. The van der Waals surface area contributed by atoms with Crippen molar-refractivity contribution in [1.82, 2.24) is 5.32 Å². The number of rotatable bonds is 6. The van der Waals surface area contributed by atoms with E-state index in [9.17, 15) is 0 Å². The highest BCUT2D eigenvalue weighted by atomic mass is 35.5.